The van der Waals surface area contributed by atoms with Gasteiger partial charge < -0.3 is 34.9 Å². The molecule has 4 N–H and O–H groups in total. The lowest BCUT2D eigenvalue weighted by molar-refractivity contribution is -0.121. The van der Waals surface area contributed by atoms with Crippen LogP contribution >= 0.6 is 0 Å². The van der Waals surface area contributed by atoms with Crippen molar-refractivity contribution >= 4 is 34.4 Å². The molecule has 2 aliphatic rings. The Labute approximate surface area is 270 Å². The number of fused-ring (bicyclic) bond motifs is 2. The van der Waals surface area contributed by atoms with Crippen LogP contribution in [0.1, 0.15) is 33.6 Å². The number of aromatic carboxylic acids is 1. The lowest BCUT2D eigenvalue weighted by Crippen LogP contribution is -2.30. The Morgan fingerprint density at radius 2 is 1.62 bits per heavy atom. The Bertz CT molecular complexity index is 1920. The van der Waals surface area contributed by atoms with Crippen molar-refractivity contribution < 1.29 is 33.8 Å². The summed E-state index contributed by atoms with van der Waals surface area (Å²) in [5, 5.41) is 26.2. The summed E-state index contributed by atoms with van der Waals surface area (Å²) in [5.74, 6) is -1.60. The molecule has 47 heavy (non-hydrogen) atoms. The van der Waals surface area contributed by atoms with Gasteiger partial charge in [0.1, 0.15) is 17.1 Å². The maximum Gasteiger partial charge on any atom is 0.336 e. The molecule has 11 heteroatoms. The molecule has 2 amide bonds. The Morgan fingerprint density at radius 1 is 0.872 bits per heavy atom. The van der Waals surface area contributed by atoms with Gasteiger partial charge in [-0.2, -0.15) is 0 Å². The number of carbonyl (C=O) groups is 3. The van der Waals surface area contributed by atoms with Crippen molar-refractivity contribution in [2.75, 3.05) is 44.8 Å². The van der Waals surface area contributed by atoms with Gasteiger partial charge in [0.25, 0.3) is 5.91 Å². The summed E-state index contributed by atoms with van der Waals surface area (Å²) in [6, 6.07) is 23.0. The first-order valence-corrected chi connectivity index (χ1v) is 15.2. The quantitative estimate of drug-likeness (QED) is 0.0996. The number of nitrogens with zero attached hydrogens (tertiary/aromatic N) is 1. The molecule has 0 aromatic heterocycles. The normalized spacial score (nSPS) is 11.0. The predicted octanol–water partition coefficient (Wildman–Crippen LogP) is 4.75. The minimum Gasteiger partial charge on any atom is -0.508 e. The average Bonchev–Trinajstić information content (AvgIpc) is 3.06. The molecule has 1 heterocycles. The third kappa shape index (κ3) is 8.13. The maximum absolute atomic E-state index is 12.9. The van der Waals surface area contributed by atoms with E-state index in [9.17, 15) is 29.4 Å². The highest BCUT2D eigenvalue weighted by atomic mass is 16.5. The number of carbonyl (C=O) groups excluding carboxylic acids is 2. The first-order valence-electron chi connectivity index (χ1n) is 15.2. The molecule has 242 valence electrons. The molecular formula is C36H35N3O8. The zero-order chi connectivity index (χ0) is 33.3. The number of phenolic OH excluding ortho intramolecular Hbond substituents is 1. The maximum atomic E-state index is 12.9. The Kier molecular flexibility index (Phi) is 10.5. The molecule has 0 saturated heterocycles. The number of rotatable bonds is 14. The van der Waals surface area contributed by atoms with Crippen LogP contribution in [0.2, 0.25) is 0 Å². The highest BCUT2D eigenvalue weighted by molar-refractivity contribution is 6.09. The summed E-state index contributed by atoms with van der Waals surface area (Å²) in [6.45, 7) is 1.76. The fourth-order valence-corrected chi connectivity index (χ4v) is 5.31. The van der Waals surface area contributed by atoms with Crippen LogP contribution in [0.3, 0.4) is 0 Å². The third-order valence-electron chi connectivity index (χ3n) is 7.65. The molecular weight excluding hydrogens is 602 g/mol. The topological polar surface area (TPSA) is 158 Å². The Hall–Kier alpha value is -5.68. The molecule has 0 atom stereocenters. The molecule has 0 saturated carbocycles. The number of amides is 2. The SMILES string of the molecule is CN(CCCC(=O)NCCOCCNC(=O)c1ccc(-c2c3ccc(=O)cc-3oc3cc(O)ccc23)c(C(=O)O)c1)c1ccccc1. The summed E-state index contributed by atoms with van der Waals surface area (Å²) in [6.07, 6.45) is 1.12. The lowest BCUT2D eigenvalue weighted by atomic mass is 9.90. The largest absolute Gasteiger partial charge is 0.508 e. The first-order chi connectivity index (χ1) is 22.7. The van der Waals surface area contributed by atoms with E-state index in [-0.39, 0.29) is 59.3 Å². The molecule has 3 aromatic carbocycles. The lowest BCUT2D eigenvalue weighted by Gasteiger charge is -2.18. The van der Waals surface area contributed by atoms with E-state index in [4.69, 9.17) is 9.15 Å². The average molecular weight is 638 g/mol. The number of aromatic hydroxyl groups is 1. The van der Waals surface area contributed by atoms with Crippen molar-refractivity contribution in [3.05, 3.63) is 106 Å². The van der Waals surface area contributed by atoms with Gasteiger partial charge in [0.2, 0.25) is 5.91 Å². The zero-order valence-corrected chi connectivity index (χ0v) is 25.8. The van der Waals surface area contributed by atoms with E-state index in [1.54, 1.807) is 18.2 Å². The van der Waals surface area contributed by atoms with E-state index in [0.717, 1.165) is 18.7 Å². The number of ether oxygens (including phenoxy) is 1. The van der Waals surface area contributed by atoms with Gasteiger partial charge in [-0.25, -0.2) is 4.79 Å². The third-order valence-corrected chi connectivity index (χ3v) is 7.65. The number of nitrogens with one attached hydrogen (secondary N) is 2. The minimum absolute atomic E-state index is 0.0533. The number of hydrogen-bond acceptors (Lipinski definition) is 8. The van der Waals surface area contributed by atoms with Crippen LogP contribution in [-0.4, -0.2) is 67.9 Å². The second-order valence-electron chi connectivity index (χ2n) is 11.0. The van der Waals surface area contributed by atoms with Gasteiger partial charge in [-0.1, -0.05) is 24.3 Å². The summed E-state index contributed by atoms with van der Waals surface area (Å²) >= 11 is 0. The standard InChI is InChI=1S/C36H35N3O8/c1-39(24-6-3-2-4-7-24)17-5-8-33(42)37-15-18-46-19-16-38-35(43)23-9-12-27(30(20-23)36(44)45)34-28-13-10-25(40)21-31(28)47-32-22-26(41)11-14-29(32)34/h2-4,6-7,9-14,20-22,40H,5,8,15-19H2,1H3,(H,37,42)(H,38,43)(H,44,45). The molecule has 0 bridgehead atoms. The van der Waals surface area contributed by atoms with Gasteiger partial charge >= 0.3 is 5.97 Å². The van der Waals surface area contributed by atoms with Crippen LogP contribution in [0, 0.1) is 0 Å². The number of carboxylic acid groups (broad SMARTS) is 1. The minimum atomic E-state index is -1.25. The van der Waals surface area contributed by atoms with E-state index in [2.05, 4.69) is 15.5 Å². The van der Waals surface area contributed by atoms with E-state index in [1.165, 1.54) is 36.4 Å². The number of carboxylic acids is 1. The number of para-hydroxylation sites is 1. The zero-order valence-electron chi connectivity index (χ0n) is 25.8. The van der Waals surface area contributed by atoms with Gasteiger partial charge in [-0.05, 0) is 60.5 Å². The van der Waals surface area contributed by atoms with Gasteiger partial charge in [0, 0.05) is 73.0 Å². The van der Waals surface area contributed by atoms with E-state index in [1.807, 2.05) is 37.4 Å². The summed E-state index contributed by atoms with van der Waals surface area (Å²) in [5.41, 5.74) is 2.42. The van der Waals surface area contributed by atoms with Crippen LogP contribution in [0.5, 0.6) is 5.75 Å². The second kappa shape index (κ2) is 15.1. The van der Waals surface area contributed by atoms with Crippen molar-refractivity contribution in [3.63, 3.8) is 0 Å². The van der Waals surface area contributed by atoms with E-state index in [0.29, 0.717) is 35.0 Å². The molecule has 11 nitrogen and oxygen atoms in total. The number of hydrogen-bond donors (Lipinski definition) is 4. The Balaban J connectivity index is 1.14. The summed E-state index contributed by atoms with van der Waals surface area (Å²) in [7, 11) is 1.99. The molecule has 1 aliphatic heterocycles. The highest BCUT2D eigenvalue weighted by Gasteiger charge is 2.23. The van der Waals surface area contributed by atoms with E-state index < -0.39 is 11.9 Å². The van der Waals surface area contributed by atoms with Gasteiger partial charge in [0.05, 0.1) is 18.8 Å². The molecule has 3 aromatic rings. The monoisotopic (exact) mass is 637 g/mol. The van der Waals surface area contributed by atoms with Crippen molar-refractivity contribution in [2.24, 2.45) is 0 Å². The number of benzene rings is 4. The summed E-state index contributed by atoms with van der Waals surface area (Å²) < 4.78 is 11.4. The van der Waals surface area contributed by atoms with Crippen molar-refractivity contribution in [1.29, 1.82) is 0 Å². The van der Waals surface area contributed by atoms with Crippen molar-refractivity contribution in [2.45, 2.75) is 12.8 Å². The van der Waals surface area contributed by atoms with Gasteiger partial charge in [-0.15, -0.1) is 0 Å². The molecule has 0 radical (unpaired) electrons. The van der Waals surface area contributed by atoms with Crippen molar-refractivity contribution in [1.82, 2.24) is 10.6 Å². The molecule has 0 fully saturated rings. The van der Waals surface area contributed by atoms with Gasteiger partial charge in [-0.3, -0.25) is 14.4 Å². The van der Waals surface area contributed by atoms with Crippen LogP contribution in [0.25, 0.3) is 33.4 Å². The number of anilines is 1. The fraction of sp³-hybridized carbons (Fsp3) is 0.222. The van der Waals surface area contributed by atoms with E-state index >= 15 is 0 Å². The Morgan fingerprint density at radius 3 is 2.38 bits per heavy atom. The van der Waals surface area contributed by atoms with Crippen LogP contribution in [0.4, 0.5) is 5.69 Å². The summed E-state index contributed by atoms with van der Waals surface area (Å²) in [4.78, 5) is 51.6. The van der Waals surface area contributed by atoms with Crippen molar-refractivity contribution in [3.8, 4) is 28.2 Å². The predicted molar refractivity (Wildman–Crippen MR) is 178 cm³/mol. The molecule has 5 rings (SSSR count). The molecule has 0 spiro atoms. The highest BCUT2D eigenvalue weighted by Crippen LogP contribution is 2.42. The molecule has 0 unspecified atom stereocenters. The van der Waals surface area contributed by atoms with Crippen LogP contribution in [-0.2, 0) is 9.53 Å². The molecule has 1 aliphatic carbocycles. The van der Waals surface area contributed by atoms with Gasteiger partial charge in [0.15, 0.2) is 5.43 Å². The van der Waals surface area contributed by atoms with Crippen LogP contribution < -0.4 is 21.0 Å². The van der Waals surface area contributed by atoms with Crippen LogP contribution in [0.15, 0.2) is 94.1 Å². The smallest absolute Gasteiger partial charge is 0.336 e. The fourth-order valence-electron chi connectivity index (χ4n) is 5.31. The second-order valence-corrected chi connectivity index (χ2v) is 11.0. The first kappa shape index (κ1) is 32.7. The number of phenols is 1.